The number of pyridine rings is 1. The first-order valence-corrected chi connectivity index (χ1v) is 13.9. The van der Waals surface area contributed by atoms with Crippen molar-refractivity contribution in [2.24, 2.45) is 5.92 Å². The fraction of sp³-hybridized carbons (Fsp3) is 0.258. The van der Waals surface area contributed by atoms with E-state index in [0.717, 1.165) is 12.1 Å². The van der Waals surface area contributed by atoms with Gasteiger partial charge in [0.2, 0.25) is 5.91 Å². The van der Waals surface area contributed by atoms with Gasteiger partial charge in [-0.3, -0.25) is 14.6 Å². The van der Waals surface area contributed by atoms with Crippen LogP contribution >= 0.6 is 0 Å². The number of carbonyl (C=O) groups is 1. The van der Waals surface area contributed by atoms with Crippen molar-refractivity contribution in [2.75, 3.05) is 0 Å². The number of alkyl halides is 4. The van der Waals surface area contributed by atoms with Crippen LogP contribution in [-0.4, -0.2) is 30.9 Å². The molecule has 228 valence electrons. The van der Waals surface area contributed by atoms with E-state index in [0.29, 0.717) is 38.5 Å². The van der Waals surface area contributed by atoms with Gasteiger partial charge in [-0.25, -0.2) is 22.5 Å². The topological polar surface area (TPSA) is 112 Å². The molecule has 0 saturated heterocycles. The van der Waals surface area contributed by atoms with E-state index in [9.17, 15) is 27.6 Å². The molecule has 3 atom stereocenters. The van der Waals surface area contributed by atoms with Crippen molar-refractivity contribution in [1.29, 1.82) is 5.26 Å². The lowest BCUT2D eigenvalue weighted by molar-refractivity contribution is -0.123. The van der Waals surface area contributed by atoms with E-state index in [1.165, 1.54) is 6.20 Å². The Labute approximate surface area is 250 Å². The van der Waals surface area contributed by atoms with E-state index < -0.39 is 65.7 Å². The van der Waals surface area contributed by atoms with Crippen LogP contribution in [0.1, 0.15) is 58.6 Å². The number of hydrogen-bond donors (Lipinski definition) is 2. The molecule has 0 spiro atoms. The highest BCUT2D eigenvalue weighted by atomic mass is 19.3. The molecule has 2 N–H and O–H groups in total. The maximum absolute atomic E-state index is 15.1. The lowest BCUT2D eigenvalue weighted by Crippen LogP contribution is -2.35. The van der Waals surface area contributed by atoms with Crippen LogP contribution in [0.3, 0.4) is 0 Å². The van der Waals surface area contributed by atoms with Gasteiger partial charge in [0.25, 0.3) is 12.3 Å². The Bertz CT molecular complexity index is 2010. The molecular weight excluding hydrogens is 600 g/mol. The van der Waals surface area contributed by atoms with Crippen molar-refractivity contribution >= 4 is 16.9 Å². The summed E-state index contributed by atoms with van der Waals surface area (Å²) in [6.07, 6.45) is -1.79. The SMILES string of the molecule is N#Cc1cccc(-c2cc3[nH]ncc3nc2C(Cc2cc(F)cc(F)c2)NC(=O)Cn2nc(C(F)F)c3c2C(F)(F)[C@@H]2C[C@H]32)c1. The van der Waals surface area contributed by atoms with E-state index in [4.69, 9.17) is 0 Å². The second-order valence-electron chi connectivity index (χ2n) is 11.2. The molecule has 3 aromatic heterocycles. The highest BCUT2D eigenvalue weighted by Crippen LogP contribution is 2.68. The Morgan fingerprint density at radius 2 is 1.91 bits per heavy atom. The fourth-order valence-electron chi connectivity index (χ4n) is 6.28. The molecule has 8 nitrogen and oxygen atoms in total. The first-order valence-electron chi connectivity index (χ1n) is 13.9. The average molecular weight is 622 g/mol. The van der Waals surface area contributed by atoms with E-state index >= 15 is 8.78 Å². The molecule has 14 heteroatoms. The summed E-state index contributed by atoms with van der Waals surface area (Å²) in [7, 11) is 0. The second kappa shape index (κ2) is 10.5. The number of H-pyrrole nitrogens is 1. The van der Waals surface area contributed by atoms with Gasteiger partial charge in [0, 0.05) is 23.1 Å². The van der Waals surface area contributed by atoms with Crippen LogP contribution in [0.15, 0.2) is 54.7 Å². The van der Waals surface area contributed by atoms with Gasteiger partial charge in [0.1, 0.15) is 35.1 Å². The molecular formula is C31H21F6N7O. The summed E-state index contributed by atoms with van der Waals surface area (Å²) >= 11 is 0. The maximum atomic E-state index is 15.1. The Morgan fingerprint density at radius 1 is 1.13 bits per heavy atom. The van der Waals surface area contributed by atoms with Crippen LogP contribution in [0.4, 0.5) is 26.3 Å². The molecule has 2 aromatic carbocycles. The molecule has 2 aliphatic carbocycles. The lowest BCUT2D eigenvalue weighted by Gasteiger charge is -2.23. The van der Waals surface area contributed by atoms with Gasteiger partial charge in [-0.1, -0.05) is 12.1 Å². The van der Waals surface area contributed by atoms with Crippen molar-refractivity contribution in [3.63, 3.8) is 0 Å². The number of nitrogens with one attached hydrogen (secondary N) is 2. The monoisotopic (exact) mass is 621 g/mol. The molecule has 3 heterocycles. The van der Waals surface area contributed by atoms with Crippen LogP contribution in [0.5, 0.6) is 0 Å². The largest absolute Gasteiger partial charge is 0.346 e. The zero-order chi connectivity index (χ0) is 31.6. The van der Waals surface area contributed by atoms with Crippen molar-refractivity contribution in [2.45, 2.75) is 43.7 Å². The molecule has 2 aliphatic rings. The number of carbonyl (C=O) groups excluding carboxylic acids is 1. The standard InChI is InChI=1S/C31H21F6N7O/c32-17-5-15(6-18(33)8-17)7-23(27-19(10-22-24(41-27)12-39-42-22)16-3-1-2-14(4-16)11-38)40-25(45)13-44-29-26(28(43-44)30(34)35)20-9-21(20)31(29,36)37/h1-6,8,10,12,20-21,23,30H,7,9,13H2,(H,39,42)(H,40,45)/t20-,21+,23?/m0/s1. The predicted octanol–water partition coefficient (Wildman–Crippen LogP) is 6.22. The number of aromatic nitrogens is 5. The third-order valence-corrected chi connectivity index (χ3v) is 8.24. The van der Waals surface area contributed by atoms with E-state index in [2.05, 4.69) is 31.7 Å². The highest BCUT2D eigenvalue weighted by molar-refractivity contribution is 5.83. The predicted molar refractivity (Wildman–Crippen MR) is 147 cm³/mol. The van der Waals surface area contributed by atoms with Crippen molar-refractivity contribution in [1.82, 2.24) is 30.3 Å². The first-order chi connectivity index (χ1) is 21.5. The quantitative estimate of drug-likeness (QED) is 0.200. The van der Waals surface area contributed by atoms with Gasteiger partial charge in [0.15, 0.2) is 0 Å². The number of hydrogen-bond acceptors (Lipinski definition) is 5. The Morgan fingerprint density at radius 3 is 2.64 bits per heavy atom. The summed E-state index contributed by atoms with van der Waals surface area (Å²) in [5.41, 5.74) is 0.929. The number of halogens is 6. The minimum absolute atomic E-state index is 0.0712. The van der Waals surface area contributed by atoms with E-state index in [-0.39, 0.29) is 29.7 Å². The Hall–Kier alpha value is -5.19. The van der Waals surface area contributed by atoms with E-state index in [1.807, 2.05) is 0 Å². The fourth-order valence-corrected chi connectivity index (χ4v) is 6.28. The van der Waals surface area contributed by atoms with Crippen LogP contribution in [0.2, 0.25) is 0 Å². The number of nitrogens with zero attached hydrogens (tertiary/aromatic N) is 5. The molecule has 1 saturated carbocycles. The Kier molecular flexibility index (Phi) is 6.65. The number of nitriles is 1. The summed E-state index contributed by atoms with van der Waals surface area (Å²) in [5, 5.41) is 22.7. The number of benzene rings is 2. The zero-order valence-corrected chi connectivity index (χ0v) is 23.0. The van der Waals surface area contributed by atoms with Gasteiger partial charge >= 0.3 is 0 Å². The summed E-state index contributed by atoms with van der Waals surface area (Å²) in [6.45, 7) is -0.814. The molecule has 0 aliphatic heterocycles. The van der Waals surface area contributed by atoms with Crippen LogP contribution in [0, 0.1) is 28.9 Å². The normalized spacial score (nSPS) is 18.4. The minimum Gasteiger partial charge on any atom is -0.346 e. The molecule has 1 unspecified atom stereocenters. The van der Waals surface area contributed by atoms with Crippen molar-refractivity contribution in [3.8, 4) is 17.2 Å². The lowest BCUT2D eigenvalue weighted by atomic mass is 9.94. The van der Waals surface area contributed by atoms with Crippen molar-refractivity contribution < 1.29 is 31.1 Å². The summed E-state index contributed by atoms with van der Waals surface area (Å²) in [4.78, 5) is 18.2. The van der Waals surface area contributed by atoms with Gasteiger partial charge < -0.3 is 5.32 Å². The molecule has 7 rings (SSSR count). The average Bonchev–Trinajstić information content (AvgIpc) is 3.40. The Balaban J connectivity index is 1.30. The molecule has 0 bridgehead atoms. The first kappa shape index (κ1) is 28.6. The van der Waals surface area contributed by atoms with Crippen LogP contribution in [0.25, 0.3) is 22.2 Å². The zero-order valence-electron chi connectivity index (χ0n) is 23.0. The third kappa shape index (κ3) is 4.98. The van der Waals surface area contributed by atoms with Gasteiger partial charge in [0.05, 0.1) is 35.1 Å². The van der Waals surface area contributed by atoms with Gasteiger partial charge in [-0.15, -0.1) is 0 Å². The minimum atomic E-state index is -3.42. The molecule has 0 radical (unpaired) electrons. The number of rotatable bonds is 8. The molecule has 5 aromatic rings. The maximum Gasteiger partial charge on any atom is 0.293 e. The smallest absolute Gasteiger partial charge is 0.293 e. The summed E-state index contributed by atoms with van der Waals surface area (Å²) in [5.74, 6) is -7.85. The van der Waals surface area contributed by atoms with Gasteiger partial charge in [-0.2, -0.15) is 24.2 Å². The highest BCUT2D eigenvalue weighted by Gasteiger charge is 2.67. The summed E-state index contributed by atoms with van der Waals surface area (Å²) in [6, 6.07) is 12.0. The van der Waals surface area contributed by atoms with Crippen LogP contribution in [-0.2, 0) is 23.7 Å². The molecule has 45 heavy (non-hydrogen) atoms. The van der Waals surface area contributed by atoms with Gasteiger partial charge in [-0.05, 0) is 60.2 Å². The molecule has 1 amide bonds. The van der Waals surface area contributed by atoms with E-state index in [1.54, 1.807) is 30.3 Å². The third-order valence-electron chi connectivity index (χ3n) is 8.24. The number of fused-ring (bicyclic) bond motifs is 4. The van der Waals surface area contributed by atoms with Crippen LogP contribution < -0.4 is 5.32 Å². The number of aromatic amines is 1. The summed E-state index contributed by atoms with van der Waals surface area (Å²) < 4.78 is 86.9. The van der Waals surface area contributed by atoms with Crippen molar-refractivity contribution in [3.05, 3.63) is 100 Å². The molecule has 1 fully saturated rings. The second-order valence-corrected chi connectivity index (χ2v) is 11.2. The number of amides is 1.